The van der Waals surface area contributed by atoms with Crippen LogP contribution < -0.4 is 21.3 Å². The lowest BCUT2D eigenvalue weighted by Crippen LogP contribution is -2.66. The number of halogens is 2. The van der Waals surface area contributed by atoms with E-state index in [4.69, 9.17) is 4.74 Å². The zero-order valence-electron chi connectivity index (χ0n) is 50.3. The number of carbonyl (C=O) groups is 8. The van der Waals surface area contributed by atoms with Gasteiger partial charge in [-0.1, -0.05) is 102 Å². The number of aryl methyl sites for hydroxylation is 1. The second kappa shape index (κ2) is 27.4. The van der Waals surface area contributed by atoms with Crippen molar-refractivity contribution in [1.29, 1.82) is 0 Å². The minimum absolute atomic E-state index is 0.00370. The first kappa shape index (κ1) is 66.9. The number of alkyl halides is 2. The van der Waals surface area contributed by atoms with Gasteiger partial charge in [-0.25, -0.2) is 4.98 Å². The highest BCUT2D eigenvalue weighted by Crippen LogP contribution is 2.59. The van der Waals surface area contributed by atoms with E-state index in [0.717, 1.165) is 50.7 Å². The normalized spacial score (nSPS) is 19.6. The lowest BCUT2D eigenvalue weighted by molar-refractivity contribution is -0.158. The molecule has 0 bridgehead atoms. The van der Waals surface area contributed by atoms with E-state index in [1.165, 1.54) is 38.2 Å². The SMILES string of the molecule is Cc1ncsc1-c1ccc(C(C)NC(=O)[C@@H]2C[C@@H](O)CN2C(=O)C(NC(=O)CCCNC(=O)CC(=O)N2CCN(C(=O)C(NC(=O)c3cc4cc(C(F)(F)P(=O)(O)O)ccc4s3)C(C)(C)C)[C@H](C(=O)N3CCO[C@H](c4ccccc4)C3)C2)C(C)(C)C)cc1. The first-order valence-corrected chi connectivity index (χ1v) is 32.3. The first-order valence-electron chi connectivity index (χ1n) is 29.0. The van der Waals surface area contributed by atoms with Gasteiger partial charge in [0.05, 0.1) is 52.8 Å². The van der Waals surface area contributed by atoms with E-state index in [2.05, 4.69) is 26.3 Å². The second-order valence-corrected chi connectivity index (χ2v) is 28.3. The molecule has 22 nitrogen and oxygen atoms in total. The topological polar surface area (TPSA) is 298 Å². The summed E-state index contributed by atoms with van der Waals surface area (Å²) in [7, 11) is -5.89. The van der Waals surface area contributed by atoms with Crippen LogP contribution >= 0.6 is 30.3 Å². The predicted octanol–water partition coefficient (Wildman–Crippen LogP) is 6.00. The molecule has 88 heavy (non-hydrogen) atoms. The summed E-state index contributed by atoms with van der Waals surface area (Å²) in [6.07, 6.45) is -2.14. The Hall–Kier alpha value is -7.06. The molecule has 2 aromatic heterocycles. The third-order valence-corrected chi connectivity index (χ3v) is 19.0. The molecule has 3 unspecified atom stereocenters. The quantitative estimate of drug-likeness (QED) is 0.0284. The summed E-state index contributed by atoms with van der Waals surface area (Å²) in [6.45, 7) is 13.9. The number of hydrogen-bond donors (Lipinski definition) is 7. The molecule has 7 atom stereocenters. The molecule has 0 radical (unpaired) electrons. The van der Waals surface area contributed by atoms with Gasteiger partial charge in [0, 0.05) is 55.8 Å². The molecule has 8 amide bonds. The van der Waals surface area contributed by atoms with Crippen LogP contribution in [0.3, 0.4) is 0 Å². The van der Waals surface area contributed by atoms with Gasteiger partial charge in [0.2, 0.25) is 41.4 Å². The highest BCUT2D eigenvalue weighted by molar-refractivity contribution is 7.52. The van der Waals surface area contributed by atoms with Gasteiger partial charge < -0.3 is 60.5 Å². The number of aliphatic hydroxyl groups excluding tert-OH is 1. The molecular weight excluding hydrogens is 1200 g/mol. The van der Waals surface area contributed by atoms with Gasteiger partial charge in [-0.3, -0.25) is 42.9 Å². The predicted molar refractivity (Wildman–Crippen MR) is 325 cm³/mol. The average molecular weight is 1280 g/mol. The molecule has 3 aliphatic rings. The maximum absolute atomic E-state index is 15.0. The fourth-order valence-electron chi connectivity index (χ4n) is 11.0. The molecule has 0 aliphatic carbocycles. The van der Waals surface area contributed by atoms with Crippen molar-refractivity contribution in [3.05, 3.63) is 112 Å². The molecule has 3 aliphatic heterocycles. The van der Waals surface area contributed by atoms with Crippen LogP contribution in [-0.2, 0) is 48.5 Å². The number of β-amino-alcohol motifs (C(OH)–C–C–N with tert-alkyl or cyclic N) is 1. The van der Waals surface area contributed by atoms with E-state index in [-0.39, 0.29) is 81.9 Å². The van der Waals surface area contributed by atoms with E-state index in [1.807, 2.05) is 68.4 Å². The number of rotatable bonds is 19. The van der Waals surface area contributed by atoms with E-state index in [9.17, 15) is 66.6 Å². The highest BCUT2D eigenvalue weighted by atomic mass is 32.1. The highest BCUT2D eigenvalue weighted by Gasteiger charge is 2.51. The van der Waals surface area contributed by atoms with Gasteiger partial charge in [-0.05, 0) is 71.4 Å². The van der Waals surface area contributed by atoms with Crippen molar-refractivity contribution in [2.75, 3.05) is 52.4 Å². The Labute approximate surface area is 516 Å². The molecular formula is C61H76F2N9O13PS2. The van der Waals surface area contributed by atoms with Crippen LogP contribution in [0.4, 0.5) is 8.78 Å². The van der Waals surface area contributed by atoms with E-state index in [1.54, 1.807) is 52.0 Å². The van der Waals surface area contributed by atoms with Crippen LogP contribution in [0.15, 0.2) is 84.4 Å². The number of ether oxygens (including phenoxy) is 1. The van der Waals surface area contributed by atoms with Gasteiger partial charge in [-0.15, -0.1) is 22.7 Å². The summed E-state index contributed by atoms with van der Waals surface area (Å²) >= 11 is 2.44. The Balaban J connectivity index is 0.878. The maximum atomic E-state index is 15.0. The molecule has 7 N–H and O–H groups in total. The number of aliphatic hydroxyl groups is 1. The Bertz CT molecular complexity index is 3460. The van der Waals surface area contributed by atoms with Crippen molar-refractivity contribution in [3.63, 3.8) is 0 Å². The standard InChI is InChI=1S/C61H76F2N9O13PS2/c1-35(37-16-18-39(19-17-37)51-36(2)65-34-87-51)66-54(77)43-29-42(73)31-72(43)58(81)52(59(3,4)5)67-48(74)15-12-22-64-49(75)30-50(76)69-23-24-71(44(32-69)56(79)70-25-26-85-45(33-70)38-13-10-9-11-14-38)57(80)53(60(6,7)8)68-55(78)47-28-40-27-41(20-21-46(40)88-47)61(62,63)86(82,83)84/h9-11,13-14,16-21,27-28,34-35,42-45,52-53,73H,12,15,22-26,29-33H2,1-8H3,(H,64,75)(H,66,77)(H,67,74)(H,68,78)(H2,82,83,84)/t35?,42-,43+,44+,45+,52?,53?/m1/s1. The smallest absolute Gasteiger partial charge is 0.391 e. The van der Waals surface area contributed by atoms with E-state index < -0.39 is 126 Å². The Morgan fingerprint density at radius 1 is 0.784 bits per heavy atom. The molecule has 3 saturated heterocycles. The number of aromatic nitrogens is 1. The van der Waals surface area contributed by atoms with Gasteiger partial charge in [0.15, 0.2) is 0 Å². The summed E-state index contributed by atoms with van der Waals surface area (Å²) in [5, 5.41) is 22.1. The molecule has 5 aromatic rings. The summed E-state index contributed by atoms with van der Waals surface area (Å²) in [4.78, 5) is 142. The van der Waals surface area contributed by atoms with Crippen LogP contribution in [0.5, 0.6) is 0 Å². The van der Waals surface area contributed by atoms with Crippen LogP contribution in [0.1, 0.15) is 118 Å². The molecule has 3 aromatic carbocycles. The lowest BCUT2D eigenvalue weighted by Gasteiger charge is -2.45. The van der Waals surface area contributed by atoms with Crippen molar-refractivity contribution >= 4 is 87.6 Å². The number of carbonyl (C=O) groups excluding carboxylic acids is 8. The van der Waals surface area contributed by atoms with Crippen LogP contribution in [-0.4, -0.2) is 169 Å². The molecule has 0 spiro atoms. The van der Waals surface area contributed by atoms with Crippen molar-refractivity contribution < 1.29 is 71.3 Å². The van der Waals surface area contributed by atoms with Gasteiger partial charge in [0.1, 0.15) is 36.7 Å². The minimum atomic E-state index is -5.89. The molecule has 3 fully saturated rings. The lowest BCUT2D eigenvalue weighted by atomic mass is 9.85. The molecule has 0 saturated carbocycles. The van der Waals surface area contributed by atoms with Crippen LogP contribution in [0, 0.1) is 17.8 Å². The van der Waals surface area contributed by atoms with Crippen molar-refractivity contribution in [3.8, 4) is 10.4 Å². The number of thiophene rings is 1. The van der Waals surface area contributed by atoms with Gasteiger partial charge in [0.25, 0.3) is 5.91 Å². The third-order valence-electron chi connectivity index (χ3n) is 16.0. The monoisotopic (exact) mass is 1280 g/mol. The number of nitrogens with zero attached hydrogens (tertiary/aromatic N) is 5. The summed E-state index contributed by atoms with van der Waals surface area (Å²) < 4.78 is 47.3. The zero-order chi connectivity index (χ0) is 64.2. The fraction of sp³-hybridized carbons (Fsp3) is 0.492. The second-order valence-electron chi connectivity index (χ2n) is 24.7. The van der Waals surface area contributed by atoms with Gasteiger partial charge in [-0.2, -0.15) is 8.78 Å². The molecule has 8 rings (SSSR count). The van der Waals surface area contributed by atoms with E-state index in [0.29, 0.717) is 4.70 Å². The third kappa shape index (κ3) is 15.7. The van der Waals surface area contributed by atoms with Crippen molar-refractivity contribution in [1.82, 2.24) is 45.9 Å². The number of piperazine rings is 1. The molecule has 27 heteroatoms. The Morgan fingerprint density at radius 2 is 1.45 bits per heavy atom. The summed E-state index contributed by atoms with van der Waals surface area (Å²) in [6, 6.07) is 16.1. The maximum Gasteiger partial charge on any atom is 0.399 e. The van der Waals surface area contributed by atoms with Crippen molar-refractivity contribution in [2.45, 2.75) is 129 Å². The van der Waals surface area contributed by atoms with Crippen LogP contribution in [0.2, 0.25) is 0 Å². The number of thiazole rings is 1. The molecule has 474 valence electrons. The van der Waals surface area contributed by atoms with Crippen molar-refractivity contribution in [2.24, 2.45) is 10.8 Å². The number of likely N-dealkylation sites (tertiary alicyclic amines) is 1. The summed E-state index contributed by atoms with van der Waals surface area (Å²) in [5.74, 6) is -4.74. The van der Waals surface area contributed by atoms with Crippen LogP contribution in [0.25, 0.3) is 20.5 Å². The number of fused-ring (bicyclic) bond motifs is 1. The number of morpholine rings is 1. The number of nitrogens with one attached hydrogen (secondary N) is 4. The fourth-order valence-corrected chi connectivity index (χ4v) is 13.2. The number of hydrogen-bond acceptors (Lipinski definition) is 14. The number of amides is 8. The largest absolute Gasteiger partial charge is 0.399 e. The molecule has 5 heterocycles. The van der Waals surface area contributed by atoms with E-state index >= 15 is 0 Å². The number of benzene rings is 3. The Morgan fingerprint density at radius 3 is 2.10 bits per heavy atom. The minimum Gasteiger partial charge on any atom is -0.391 e. The Kier molecular flexibility index (Phi) is 20.8. The average Bonchev–Trinajstić information content (AvgIpc) is 2.40. The first-order chi connectivity index (χ1) is 41.3. The summed E-state index contributed by atoms with van der Waals surface area (Å²) in [5.41, 5.74) is -1.91. The van der Waals surface area contributed by atoms with Gasteiger partial charge >= 0.3 is 13.3 Å². The zero-order valence-corrected chi connectivity index (χ0v) is 52.8.